The number of fused-ring (bicyclic) bond motifs is 1. The van der Waals surface area contributed by atoms with Crippen LogP contribution in [0.15, 0.2) is 72.1 Å². The summed E-state index contributed by atoms with van der Waals surface area (Å²) in [7, 11) is 0. The van der Waals surface area contributed by atoms with Crippen LogP contribution in [-0.4, -0.2) is 26.5 Å². The van der Waals surface area contributed by atoms with Crippen LogP contribution in [0.2, 0.25) is 0 Å². The third kappa shape index (κ3) is 5.31. The lowest BCUT2D eigenvalue weighted by atomic mass is 9.78. The number of carbonyl (C=O) groups excluding carboxylic acids is 1. The monoisotopic (exact) mass is 502 g/mol. The molecule has 1 N–H and O–H groups in total. The van der Waals surface area contributed by atoms with Crippen LogP contribution in [0.3, 0.4) is 0 Å². The van der Waals surface area contributed by atoms with Crippen molar-refractivity contribution in [3.8, 4) is 0 Å². The molecule has 186 valence electrons. The molecule has 1 aliphatic carbocycles. The molecule has 1 fully saturated rings. The minimum Gasteiger partial charge on any atom is -0.349 e. The zero-order valence-corrected chi connectivity index (χ0v) is 21.5. The van der Waals surface area contributed by atoms with Gasteiger partial charge in [-0.1, -0.05) is 68.8 Å². The highest BCUT2D eigenvalue weighted by molar-refractivity contribution is 7.98. The molecular formula is C29H31FN4OS. The Bertz CT molecular complexity index is 1350. The summed E-state index contributed by atoms with van der Waals surface area (Å²) in [6, 6.07) is 16.7. The van der Waals surface area contributed by atoms with Crippen molar-refractivity contribution >= 4 is 28.7 Å². The number of aromatic nitrogens is 3. The molecule has 3 atom stereocenters. The molecule has 2 heterocycles. The fraction of sp³-hybridized carbons (Fsp3) is 0.345. The Hall–Kier alpha value is -3.19. The van der Waals surface area contributed by atoms with Gasteiger partial charge in [0, 0.05) is 23.6 Å². The lowest BCUT2D eigenvalue weighted by Gasteiger charge is -2.34. The first-order valence-electron chi connectivity index (χ1n) is 12.6. The quantitative estimate of drug-likeness (QED) is 0.295. The topological polar surface area (TPSA) is 59.8 Å². The van der Waals surface area contributed by atoms with Crippen LogP contribution in [0.25, 0.3) is 11.0 Å². The number of benzene rings is 2. The van der Waals surface area contributed by atoms with E-state index in [1.807, 2.05) is 42.6 Å². The van der Waals surface area contributed by atoms with Crippen molar-refractivity contribution in [2.24, 2.45) is 11.8 Å². The van der Waals surface area contributed by atoms with E-state index in [1.54, 1.807) is 18.3 Å². The Morgan fingerprint density at radius 1 is 1.11 bits per heavy atom. The molecule has 36 heavy (non-hydrogen) atoms. The van der Waals surface area contributed by atoms with Crippen molar-refractivity contribution in [2.45, 2.75) is 56.6 Å². The van der Waals surface area contributed by atoms with E-state index in [0.717, 1.165) is 28.2 Å². The van der Waals surface area contributed by atoms with E-state index in [-0.39, 0.29) is 17.8 Å². The van der Waals surface area contributed by atoms with E-state index in [1.165, 1.54) is 30.7 Å². The molecule has 0 spiro atoms. The standard InChI is InChI=1S/C29H31FN4OS/c1-19-6-5-9-25(20(19)2)32-28(35)22-12-10-21(11-13-22)17-34-27-16-31-15-14-26(27)33-29(34)36-18-23-7-3-4-8-24(23)30/h3-4,7-8,10-16,19-20,25H,5-6,9,17-18H2,1-2H3,(H,32,35)/t19-,20+,25+/m1/s1. The van der Waals surface area contributed by atoms with Crippen molar-refractivity contribution in [3.05, 3.63) is 89.5 Å². The highest BCUT2D eigenvalue weighted by Gasteiger charge is 2.28. The van der Waals surface area contributed by atoms with E-state index >= 15 is 0 Å². The van der Waals surface area contributed by atoms with Gasteiger partial charge in [0.05, 0.1) is 23.8 Å². The fourth-order valence-electron chi connectivity index (χ4n) is 4.95. The Balaban J connectivity index is 1.32. The van der Waals surface area contributed by atoms with Crippen molar-refractivity contribution in [3.63, 3.8) is 0 Å². The van der Waals surface area contributed by atoms with Crippen LogP contribution in [0.1, 0.15) is 54.6 Å². The van der Waals surface area contributed by atoms with Crippen LogP contribution in [0.5, 0.6) is 0 Å². The maximum atomic E-state index is 14.2. The van der Waals surface area contributed by atoms with Gasteiger partial charge in [-0.2, -0.15) is 0 Å². The summed E-state index contributed by atoms with van der Waals surface area (Å²) in [6.07, 6.45) is 6.99. The van der Waals surface area contributed by atoms with Crippen molar-refractivity contribution in [1.82, 2.24) is 19.9 Å². The van der Waals surface area contributed by atoms with Crippen molar-refractivity contribution in [2.75, 3.05) is 0 Å². The maximum Gasteiger partial charge on any atom is 0.251 e. The molecular weight excluding hydrogens is 471 g/mol. The summed E-state index contributed by atoms with van der Waals surface area (Å²) in [4.78, 5) is 22.0. The number of imidazole rings is 1. The van der Waals surface area contributed by atoms with Crippen molar-refractivity contribution in [1.29, 1.82) is 0 Å². The number of carbonyl (C=O) groups is 1. The minimum absolute atomic E-state index is 0.00841. The van der Waals surface area contributed by atoms with Crippen LogP contribution in [-0.2, 0) is 12.3 Å². The zero-order chi connectivity index (χ0) is 25.1. The summed E-state index contributed by atoms with van der Waals surface area (Å²) in [6.45, 7) is 5.10. The number of thioether (sulfide) groups is 1. The minimum atomic E-state index is -0.208. The number of hydrogen-bond donors (Lipinski definition) is 1. The molecule has 1 amide bonds. The number of pyridine rings is 1. The van der Waals surface area contributed by atoms with Crippen molar-refractivity contribution < 1.29 is 9.18 Å². The predicted molar refractivity (Wildman–Crippen MR) is 142 cm³/mol. The predicted octanol–water partition coefficient (Wildman–Crippen LogP) is 6.47. The largest absolute Gasteiger partial charge is 0.349 e. The average Bonchev–Trinajstić information content (AvgIpc) is 3.24. The molecule has 5 rings (SSSR count). The molecule has 0 bridgehead atoms. The first kappa shape index (κ1) is 24.5. The van der Waals surface area contributed by atoms with E-state index in [2.05, 4.69) is 28.7 Å². The zero-order valence-electron chi connectivity index (χ0n) is 20.7. The fourth-order valence-corrected chi connectivity index (χ4v) is 5.95. The first-order chi connectivity index (χ1) is 17.5. The maximum absolute atomic E-state index is 14.2. The molecule has 7 heteroatoms. The number of nitrogens with zero attached hydrogens (tertiary/aromatic N) is 3. The molecule has 0 saturated heterocycles. The van der Waals surface area contributed by atoms with E-state index in [4.69, 9.17) is 4.98 Å². The molecule has 0 aliphatic heterocycles. The van der Waals surface area contributed by atoms with Crippen LogP contribution >= 0.6 is 11.8 Å². The van der Waals surface area contributed by atoms with Gasteiger partial charge in [0.25, 0.3) is 5.91 Å². The molecule has 1 aliphatic rings. The number of hydrogen-bond acceptors (Lipinski definition) is 4. The first-order valence-corrected chi connectivity index (χ1v) is 13.5. The summed E-state index contributed by atoms with van der Waals surface area (Å²) >= 11 is 1.51. The molecule has 2 aromatic heterocycles. The van der Waals surface area contributed by atoms with Crippen LogP contribution < -0.4 is 5.32 Å². The van der Waals surface area contributed by atoms with E-state index in [0.29, 0.717) is 35.3 Å². The smallest absolute Gasteiger partial charge is 0.251 e. The molecule has 0 unspecified atom stereocenters. The highest BCUT2D eigenvalue weighted by Crippen LogP contribution is 2.30. The SMILES string of the molecule is C[C@H]1[C@H](C)CCC[C@@H]1NC(=O)c1ccc(Cn2c(SCc3ccccc3F)nc3ccncc32)cc1. The van der Waals surface area contributed by atoms with Crippen LogP contribution in [0.4, 0.5) is 4.39 Å². The lowest BCUT2D eigenvalue weighted by molar-refractivity contribution is 0.0891. The molecule has 5 nitrogen and oxygen atoms in total. The summed E-state index contributed by atoms with van der Waals surface area (Å²) < 4.78 is 16.3. The van der Waals surface area contributed by atoms with E-state index in [9.17, 15) is 9.18 Å². The second kappa shape index (κ2) is 10.8. The third-order valence-electron chi connectivity index (χ3n) is 7.41. The van der Waals surface area contributed by atoms with Gasteiger partial charge in [0.15, 0.2) is 5.16 Å². The van der Waals surface area contributed by atoms with Gasteiger partial charge in [-0.15, -0.1) is 0 Å². The summed E-state index contributed by atoms with van der Waals surface area (Å²) in [5, 5.41) is 4.06. The Morgan fingerprint density at radius 3 is 2.72 bits per heavy atom. The number of rotatable bonds is 7. The van der Waals surface area contributed by atoms with Gasteiger partial charge in [0.2, 0.25) is 0 Å². The van der Waals surface area contributed by atoms with Gasteiger partial charge in [0.1, 0.15) is 5.82 Å². The van der Waals surface area contributed by atoms with Gasteiger partial charge in [-0.25, -0.2) is 9.37 Å². The van der Waals surface area contributed by atoms with E-state index < -0.39 is 0 Å². The Morgan fingerprint density at radius 2 is 1.92 bits per heavy atom. The second-order valence-electron chi connectivity index (χ2n) is 9.77. The average molecular weight is 503 g/mol. The molecule has 1 saturated carbocycles. The summed E-state index contributed by atoms with van der Waals surface area (Å²) in [5.74, 6) is 1.40. The second-order valence-corrected chi connectivity index (χ2v) is 10.7. The van der Waals surface area contributed by atoms with Gasteiger partial charge in [-0.05, 0) is 53.6 Å². The van der Waals surface area contributed by atoms with Gasteiger partial charge >= 0.3 is 0 Å². The molecule has 2 aromatic carbocycles. The lowest BCUT2D eigenvalue weighted by Crippen LogP contribution is -2.43. The number of amides is 1. The van der Waals surface area contributed by atoms with Crippen LogP contribution in [0, 0.1) is 17.7 Å². The van der Waals surface area contributed by atoms with Gasteiger partial charge < -0.3 is 9.88 Å². The Kier molecular flexibility index (Phi) is 7.37. The Labute approximate surface area is 215 Å². The normalized spacial score (nSPS) is 19.9. The summed E-state index contributed by atoms with van der Waals surface area (Å²) in [5.41, 5.74) is 4.16. The van der Waals surface area contributed by atoms with Gasteiger partial charge in [-0.3, -0.25) is 9.78 Å². The third-order valence-corrected chi connectivity index (χ3v) is 8.44. The number of halogens is 1. The molecule has 4 aromatic rings. The molecule has 0 radical (unpaired) electrons. The number of nitrogens with one attached hydrogen (secondary N) is 1. The highest BCUT2D eigenvalue weighted by atomic mass is 32.2.